The van der Waals surface area contributed by atoms with Crippen LogP contribution in [0.4, 0.5) is 11.4 Å². The fourth-order valence-electron chi connectivity index (χ4n) is 3.76. The number of rotatable bonds is 5. The molecule has 33 heavy (non-hydrogen) atoms. The fourth-order valence-corrected chi connectivity index (χ4v) is 4.84. The van der Waals surface area contributed by atoms with Gasteiger partial charge in [-0.3, -0.25) is 14.9 Å². The molecule has 3 aromatic carbocycles. The van der Waals surface area contributed by atoms with Crippen LogP contribution in [0.15, 0.2) is 91.0 Å². The molecule has 2 aromatic heterocycles. The molecular formula is C26H17N3O3S. The molecule has 5 aromatic rings. The van der Waals surface area contributed by atoms with Gasteiger partial charge in [-0.15, -0.1) is 11.3 Å². The highest BCUT2D eigenvalue weighted by molar-refractivity contribution is 7.21. The van der Waals surface area contributed by atoms with E-state index in [1.54, 1.807) is 0 Å². The maximum absolute atomic E-state index is 13.3. The lowest BCUT2D eigenvalue weighted by atomic mass is 9.99. The lowest BCUT2D eigenvalue weighted by Gasteiger charge is -2.09. The summed E-state index contributed by atoms with van der Waals surface area (Å²) < 4.78 is 0. The number of hydrogen-bond acceptors (Lipinski definition) is 6. The van der Waals surface area contributed by atoms with Crippen LogP contribution >= 0.6 is 11.3 Å². The number of aromatic nitrogens is 1. The summed E-state index contributed by atoms with van der Waals surface area (Å²) in [5, 5.41) is 11.7. The SMILES string of the molecule is Nc1c(C(=O)c2ccc([N+](=O)[O-])cc2)sc2nc(-c3ccccc3)cc(-c3ccccc3)c12. The Morgan fingerprint density at radius 1 is 0.879 bits per heavy atom. The second-order valence-electron chi connectivity index (χ2n) is 7.45. The molecule has 2 heterocycles. The van der Waals surface area contributed by atoms with Crippen LogP contribution in [0, 0.1) is 10.1 Å². The number of pyridine rings is 1. The smallest absolute Gasteiger partial charge is 0.269 e. The number of nitrogens with zero attached hydrogens (tertiary/aromatic N) is 2. The summed E-state index contributed by atoms with van der Waals surface area (Å²) in [4.78, 5) is 29.6. The predicted molar refractivity (Wildman–Crippen MR) is 131 cm³/mol. The van der Waals surface area contributed by atoms with E-state index < -0.39 is 4.92 Å². The van der Waals surface area contributed by atoms with Crippen molar-refractivity contribution in [3.8, 4) is 22.4 Å². The second-order valence-corrected chi connectivity index (χ2v) is 8.44. The van der Waals surface area contributed by atoms with E-state index in [0.717, 1.165) is 27.8 Å². The van der Waals surface area contributed by atoms with Gasteiger partial charge in [-0.1, -0.05) is 60.7 Å². The van der Waals surface area contributed by atoms with Crippen LogP contribution in [-0.4, -0.2) is 15.7 Å². The molecule has 0 amide bonds. The van der Waals surface area contributed by atoms with Gasteiger partial charge in [0.1, 0.15) is 9.71 Å². The lowest BCUT2D eigenvalue weighted by Crippen LogP contribution is -2.02. The first kappa shape index (κ1) is 20.5. The zero-order chi connectivity index (χ0) is 22.9. The first-order chi connectivity index (χ1) is 16.0. The van der Waals surface area contributed by atoms with E-state index >= 15 is 0 Å². The van der Waals surface area contributed by atoms with Crippen LogP contribution in [0.5, 0.6) is 0 Å². The molecular weight excluding hydrogens is 434 g/mol. The fraction of sp³-hybridized carbons (Fsp3) is 0. The van der Waals surface area contributed by atoms with Gasteiger partial charge in [0.15, 0.2) is 0 Å². The van der Waals surface area contributed by atoms with Gasteiger partial charge in [-0.2, -0.15) is 0 Å². The van der Waals surface area contributed by atoms with E-state index in [2.05, 4.69) is 0 Å². The number of carbonyl (C=O) groups excluding carboxylic acids is 1. The number of ketones is 1. The minimum absolute atomic E-state index is 0.0728. The average molecular weight is 452 g/mol. The summed E-state index contributed by atoms with van der Waals surface area (Å²) in [6.07, 6.45) is 0. The zero-order valence-corrected chi connectivity index (χ0v) is 18.1. The third-order valence-electron chi connectivity index (χ3n) is 5.40. The molecule has 0 unspecified atom stereocenters. The van der Waals surface area contributed by atoms with Crippen molar-refractivity contribution in [1.82, 2.24) is 4.98 Å². The first-order valence-corrected chi connectivity index (χ1v) is 11.0. The summed E-state index contributed by atoms with van der Waals surface area (Å²) >= 11 is 1.24. The van der Waals surface area contributed by atoms with Crippen LogP contribution in [0.2, 0.25) is 0 Å². The standard InChI is InChI=1S/C26H17N3O3S/c27-23-22-20(16-7-3-1-4-8-16)15-21(17-9-5-2-6-10-17)28-26(22)33-25(23)24(30)18-11-13-19(14-12-18)29(31)32/h1-15H,27H2. The van der Waals surface area contributed by atoms with Crippen molar-refractivity contribution in [3.63, 3.8) is 0 Å². The Morgan fingerprint density at radius 3 is 2.09 bits per heavy atom. The van der Waals surface area contributed by atoms with Crippen molar-refractivity contribution in [1.29, 1.82) is 0 Å². The Bertz CT molecular complexity index is 1500. The van der Waals surface area contributed by atoms with E-state index in [1.165, 1.54) is 35.6 Å². The van der Waals surface area contributed by atoms with E-state index in [4.69, 9.17) is 10.7 Å². The van der Waals surface area contributed by atoms with Gasteiger partial charge >= 0.3 is 0 Å². The Labute approximate surface area is 193 Å². The minimum atomic E-state index is -0.497. The monoisotopic (exact) mass is 451 g/mol. The molecule has 160 valence electrons. The van der Waals surface area contributed by atoms with Crippen molar-refractivity contribution >= 4 is 38.7 Å². The largest absolute Gasteiger partial charge is 0.397 e. The normalized spacial score (nSPS) is 10.9. The summed E-state index contributed by atoms with van der Waals surface area (Å²) in [6.45, 7) is 0. The highest BCUT2D eigenvalue weighted by atomic mass is 32.1. The number of nitrogen functional groups attached to an aromatic ring is 1. The van der Waals surface area contributed by atoms with Crippen molar-refractivity contribution in [3.05, 3.63) is 112 Å². The number of nitro benzene ring substituents is 1. The van der Waals surface area contributed by atoms with Gasteiger partial charge in [0.05, 0.1) is 16.3 Å². The quantitative estimate of drug-likeness (QED) is 0.191. The molecule has 0 bridgehead atoms. The summed E-state index contributed by atoms with van der Waals surface area (Å²) in [5.41, 5.74) is 10.8. The highest BCUT2D eigenvalue weighted by Crippen LogP contribution is 2.42. The van der Waals surface area contributed by atoms with E-state index in [-0.39, 0.29) is 11.5 Å². The summed E-state index contributed by atoms with van der Waals surface area (Å²) in [6, 6.07) is 27.2. The Balaban J connectivity index is 1.70. The average Bonchev–Trinajstić information content (AvgIpc) is 3.20. The minimum Gasteiger partial charge on any atom is -0.397 e. The maximum atomic E-state index is 13.3. The van der Waals surface area contributed by atoms with Crippen LogP contribution in [-0.2, 0) is 0 Å². The Hall–Kier alpha value is -4.36. The van der Waals surface area contributed by atoms with E-state index in [9.17, 15) is 14.9 Å². The van der Waals surface area contributed by atoms with Crippen molar-refractivity contribution in [2.24, 2.45) is 0 Å². The number of hydrogen-bond donors (Lipinski definition) is 1. The molecule has 0 atom stereocenters. The number of nitro groups is 1. The molecule has 7 heteroatoms. The number of nitrogens with two attached hydrogens (primary N) is 1. The topological polar surface area (TPSA) is 99.1 Å². The Morgan fingerprint density at radius 2 is 1.48 bits per heavy atom. The number of benzene rings is 3. The van der Waals surface area contributed by atoms with E-state index in [0.29, 0.717) is 21.0 Å². The number of carbonyl (C=O) groups is 1. The van der Waals surface area contributed by atoms with Crippen LogP contribution in [0.3, 0.4) is 0 Å². The second kappa shape index (κ2) is 8.29. The first-order valence-electron chi connectivity index (χ1n) is 10.2. The third-order valence-corrected chi connectivity index (χ3v) is 6.50. The van der Waals surface area contributed by atoms with Gasteiger partial charge in [0.25, 0.3) is 5.69 Å². The number of non-ortho nitro benzene ring substituents is 1. The number of anilines is 1. The van der Waals surface area contributed by atoms with Crippen LogP contribution < -0.4 is 5.73 Å². The van der Waals surface area contributed by atoms with Gasteiger partial charge in [-0.05, 0) is 29.3 Å². The number of thiophene rings is 1. The molecule has 6 nitrogen and oxygen atoms in total. The molecule has 2 N–H and O–H groups in total. The third kappa shape index (κ3) is 3.75. The summed E-state index contributed by atoms with van der Waals surface area (Å²) in [5.74, 6) is -0.286. The van der Waals surface area contributed by atoms with Gasteiger partial charge in [0, 0.05) is 28.6 Å². The molecule has 0 fully saturated rings. The predicted octanol–water partition coefficient (Wildman–Crippen LogP) is 6.35. The number of fused-ring (bicyclic) bond motifs is 1. The van der Waals surface area contributed by atoms with Gasteiger partial charge in [-0.25, -0.2) is 4.98 Å². The lowest BCUT2D eigenvalue weighted by molar-refractivity contribution is -0.384. The molecule has 0 spiro atoms. The van der Waals surface area contributed by atoms with Crippen molar-refractivity contribution in [2.75, 3.05) is 5.73 Å². The van der Waals surface area contributed by atoms with Crippen LogP contribution in [0.25, 0.3) is 32.6 Å². The van der Waals surface area contributed by atoms with Crippen LogP contribution in [0.1, 0.15) is 15.2 Å². The highest BCUT2D eigenvalue weighted by Gasteiger charge is 2.23. The molecule has 0 saturated carbocycles. The molecule has 0 aliphatic rings. The Kier molecular flexibility index (Phi) is 5.16. The molecule has 0 saturated heterocycles. The van der Waals surface area contributed by atoms with Crippen molar-refractivity contribution in [2.45, 2.75) is 0 Å². The molecule has 0 radical (unpaired) electrons. The van der Waals surface area contributed by atoms with Crippen molar-refractivity contribution < 1.29 is 9.72 Å². The van der Waals surface area contributed by atoms with E-state index in [1.807, 2.05) is 66.7 Å². The molecule has 5 rings (SSSR count). The zero-order valence-electron chi connectivity index (χ0n) is 17.3. The maximum Gasteiger partial charge on any atom is 0.269 e. The van der Waals surface area contributed by atoms with Gasteiger partial charge in [0.2, 0.25) is 5.78 Å². The molecule has 0 aliphatic heterocycles. The summed E-state index contributed by atoms with van der Waals surface area (Å²) in [7, 11) is 0. The molecule has 0 aliphatic carbocycles. The van der Waals surface area contributed by atoms with Gasteiger partial charge < -0.3 is 5.73 Å².